The molecule has 0 radical (unpaired) electrons. The molecule has 0 saturated carbocycles. The molecular formula is C23H24N4O3. The quantitative estimate of drug-likeness (QED) is 0.662. The van der Waals surface area contributed by atoms with Crippen LogP contribution < -0.4 is 15.0 Å². The van der Waals surface area contributed by atoms with Crippen molar-refractivity contribution in [1.82, 2.24) is 9.78 Å². The molecule has 3 aromatic rings. The van der Waals surface area contributed by atoms with E-state index in [1.807, 2.05) is 56.3 Å². The molecule has 0 aliphatic carbocycles. The molecule has 4 rings (SSSR count). The van der Waals surface area contributed by atoms with Crippen LogP contribution in [0, 0.1) is 6.92 Å². The van der Waals surface area contributed by atoms with Crippen molar-refractivity contribution in [2.45, 2.75) is 32.9 Å². The SMILES string of the molecule is CCN1C(=O)C(C)(C(=O)Nc2cnn(Cc3ccc(C)cc3)c2)Oc2ccccc21. The van der Waals surface area contributed by atoms with Crippen molar-refractivity contribution in [3.8, 4) is 5.75 Å². The van der Waals surface area contributed by atoms with Gasteiger partial charge in [0.1, 0.15) is 5.75 Å². The van der Waals surface area contributed by atoms with Crippen LogP contribution in [-0.2, 0) is 16.1 Å². The lowest BCUT2D eigenvalue weighted by atomic mass is 10.00. The first-order chi connectivity index (χ1) is 14.4. The molecule has 154 valence electrons. The van der Waals surface area contributed by atoms with E-state index in [0.717, 1.165) is 5.56 Å². The fraction of sp³-hybridized carbons (Fsp3) is 0.261. The molecule has 2 aromatic carbocycles. The number of anilines is 2. The first kappa shape index (κ1) is 19.7. The molecule has 2 heterocycles. The van der Waals surface area contributed by atoms with E-state index in [-0.39, 0.29) is 0 Å². The topological polar surface area (TPSA) is 76.5 Å². The number of aromatic nitrogens is 2. The van der Waals surface area contributed by atoms with Crippen molar-refractivity contribution < 1.29 is 14.3 Å². The summed E-state index contributed by atoms with van der Waals surface area (Å²) in [6, 6.07) is 15.4. The third-order valence-electron chi connectivity index (χ3n) is 5.23. The Morgan fingerprint density at radius 1 is 1.17 bits per heavy atom. The molecule has 1 aliphatic heterocycles. The van der Waals surface area contributed by atoms with Crippen LogP contribution in [0.25, 0.3) is 0 Å². The molecule has 0 spiro atoms. The summed E-state index contributed by atoms with van der Waals surface area (Å²) in [5, 5.41) is 7.09. The number of hydrogen-bond donors (Lipinski definition) is 1. The number of nitrogens with one attached hydrogen (secondary N) is 1. The Kier molecular flexibility index (Phi) is 5.03. The van der Waals surface area contributed by atoms with E-state index in [1.165, 1.54) is 12.5 Å². The molecule has 2 amide bonds. The summed E-state index contributed by atoms with van der Waals surface area (Å²) in [6.07, 6.45) is 3.30. The molecule has 1 N–H and O–H groups in total. The molecule has 1 aliphatic rings. The van der Waals surface area contributed by atoms with Crippen LogP contribution in [0.3, 0.4) is 0 Å². The average molecular weight is 404 g/mol. The lowest BCUT2D eigenvalue weighted by molar-refractivity contribution is -0.145. The van der Waals surface area contributed by atoms with Gasteiger partial charge in [-0.25, -0.2) is 0 Å². The number of benzene rings is 2. The molecule has 7 nitrogen and oxygen atoms in total. The number of aryl methyl sites for hydroxylation is 1. The van der Waals surface area contributed by atoms with Gasteiger partial charge in [0.05, 0.1) is 24.1 Å². The van der Waals surface area contributed by atoms with E-state index in [0.29, 0.717) is 30.2 Å². The second kappa shape index (κ2) is 7.67. The van der Waals surface area contributed by atoms with Gasteiger partial charge in [-0.2, -0.15) is 5.10 Å². The minimum Gasteiger partial charge on any atom is -0.465 e. The van der Waals surface area contributed by atoms with Gasteiger partial charge in [-0.1, -0.05) is 42.0 Å². The van der Waals surface area contributed by atoms with Gasteiger partial charge in [0.2, 0.25) is 0 Å². The van der Waals surface area contributed by atoms with Gasteiger partial charge < -0.3 is 15.0 Å². The number of carbonyl (C=O) groups is 2. The van der Waals surface area contributed by atoms with Crippen molar-refractivity contribution in [2.75, 3.05) is 16.8 Å². The van der Waals surface area contributed by atoms with Crippen LogP contribution in [0.2, 0.25) is 0 Å². The molecule has 1 aromatic heterocycles. The summed E-state index contributed by atoms with van der Waals surface area (Å²) < 4.78 is 7.62. The fourth-order valence-corrected chi connectivity index (χ4v) is 3.50. The van der Waals surface area contributed by atoms with E-state index < -0.39 is 17.4 Å². The first-order valence-corrected chi connectivity index (χ1v) is 9.90. The van der Waals surface area contributed by atoms with Crippen LogP contribution in [0.1, 0.15) is 25.0 Å². The van der Waals surface area contributed by atoms with E-state index >= 15 is 0 Å². The molecule has 1 unspecified atom stereocenters. The highest BCUT2D eigenvalue weighted by Gasteiger charge is 2.50. The predicted octanol–water partition coefficient (Wildman–Crippen LogP) is 3.38. The number of carbonyl (C=O) groups excluding carboxylic acids is 2. The van der Waals surface area contributed by atoms with Crippen molar-refractivity contribution >= 4 is 23.2 Å². The highest BCUT2D eigenvalue weighted by Crippen LogP contribution is 2.37. The molecular weight excluding hydrogens is 380 g/mol. The minimum atomic E-state index is -1.66. The number of amides is 2. The summed E-state index contributed by atoms with van der Waals surface area (Å²) in [5.41, 5.74) is 1.81. The Bertz CT molecular complexity index is 1090. The van der Waals surface area contributed by atoms with Gasteiger partial charge in [-0.3, -0.25) is 14.3 Å². The Balaban J connectivity index is 1.52. The minimum absolute atomic E-state index is 0.395. The van der Waals surface area contributed by atoms with Crippen molar-refractivity contribution in [3.05, 3.63) is 72.1 Å². The fourth-order valence-electron chi connectivity index (χ4n) is 3.50. The summed E-state index contributed by atoms with van der Waals surface area (Å²) in [5.74, 6) is -0.421. The number of hydrogen-bond acceptors (Lipinski definition) is 4. The maximum absolute atomic E-state index is 13.1. The highest BCUT2D eigenvalue weighted by molar-refractivity contribution is 6.19. The third kappa shape index (κ3) is 3.54. The average Bonchev–Trinajstić information content (AvgIpc) is 3.17. The molecule has 30 heavy (non-hydrogen) atoms. The number of rotatable bonds is 5. The van der Waals surface area contributed by atoms with Gasteiger partial charge >= 0.3 is 0 Å². The Morgan fingerprint density at radius 2 is 1.90 bits per heavy atom. The maximum atomic E-state index is 13.1. The van der Waals surface area contributed by atoms with Crippen molar-refractivity contribution in [2.24, 2.45) is 0 Å². The molecule has 1 atom stereocenters. The van der Waals surface area contributed by atoms with Crippen molar-refractivity contribution in [1.29, 1.82) is 0 Å². The number of fused-ring (bicyclic) bond motifs is 1. The van der Waals surface area contributed by atoms with Gasteiger partial charge in [-0.05, 0) is 38.5 Å². The molecule has 0 bridgehead atoms. The van der Waals surface area contributed by atoms with Gasteiger partial charge in [0, 0.05) is 12.7 Å². The van der Waals surface area contributed by atoms with E-state index in [9.17, 15) is 9.59 Å². The van der Waals surface area contributed by atoms with Gasteiger partial charge in [-0.15, -0.1) is 0 Å². The van der Waals surface area contributed by atoms with Gasteiger partial charge in [0.15, 0.2) is 0 Å². The number of likely N-dealkylation sites (N-methyl/N-ethyl adjacent to an activating group) is 1. The second-order valence-corrected chi connectivity index (χ2v) is 7.52. The van der Waals surface area contributed by atoms with Crippen LogP contribution in [0.15, 0.2) is 60.9 Å². The first-order valence-electron chi connectivity index (χ1n) is 9.90. The van der Waals surface area contributed by atoms with Crippen LogP contribution in [-0.4, -0.2) is 33.7 Å². The summed E-state index contributed by atoms with van der Waals surface area (Å²) in [7, 11) is 0. The Labute approximate surface area is 175 Å². The lowest BCUT2D eigenvalue weighted by Crippen LogP contribution is -2.60. The Morgan fingerprint density at radius 3 is 2.63 bits per heavy atom. The zero-order valence-corrected chi connectivity index (χ0v) is 17.3. The van der Waals surface area contributed by atoms with Crippen LogP contribution >= 0.6 is 0 Å². The lowest BCUT2D eigenvalue weighted by Gasteiger charge is -2.39. The third-order valence-corrected chi connectivity index (χ3v) is 5.23. The summed E-state index contributed by atoms with van der Waals surface area (Å²) in [4.78, 5) is 27.7. The normalized spacial score (nSPS) is 18.0. The highest BCUT2D eigenvalue weighted by atomic mass is 16.5. The number of nitrogens with zero attached hydrogens (tertiary/aromatic N) is 3. The largest absolute Gasteiger partial charge is 0.465 e. The van der Waals surface area contributed by atoms with Crippen molar-refractivity contribution in [3.63, 3.8) is 0 Å². The van der Waals surface area contributed by atoms with E-state index in [4.69, 9.17) is 4.74 Å². The van der Waals surface area contributed by atoms with Gasteiger partial charge in [0.25, 0.3) is 17.4 Å². The Hall–Kier alpha value is -3.61. The number of ether oxygens (including phenoxy) is 1. The molecule has 0 saturated heterocycles. The monoisotopic (exact) mass is 404 g/mol. The zero-order valence-electron chi connectivity index (χ0n) is 17.3. The molecule has 0 fully saturated rings. The smallest absolute Gasteiger partial charge is 0.280 e. The van der Waals surface area contributed by atoms with E-state index in [1.54, 1.807) is 28.0 Å². The standard InChI is InChI=1S/C23H24N4O3/c1-4-27-19-7-5-6-8-20(19)30-23(3,22(27)29)21(28)25-18-13-24-26(15-18)14-17-11-9-16(2)10-12-17/h5-13,15H,4,14H2,1-3H3,(H,25,28). The van der Waals surface area contributed by atoms with Crippen LogP contribution in [0.5, 0.6) is 5.75 Å². The van der Waals surface area contributed by atoms with Crippen LogP contribution in [0.4, 0.5) is 11.4 Å². The van der Waals surface area contributed by atoms with E-state index in [2.05, 4.69) is 10.4 Å². The molecule has 7 heteroatoms. The predicted molar refractivity (Wildman–Crippen MR) is 115 cm³/mol. The zero-order chi connectivity index (χ0) is 21.3. The second-order valence-electron chi connectivity index (χ2n) is 7.52. The summed E-state index contributed by atoms with van der Waals surface area (Å²) in [6.45, 7) is 6.43. The number of para-hydroxylation sites is 2. The summed E-state index contributed by atoms with van der Waals surface area (Å²) >= 11 is 0. The maximum Gasteiger partial charge on any atom is 0.280 e.